The number of furan rings is 1. The Morgan fingerprint density at radius 2 is 1.91 bits per heavy atom. The number of rotatable bonds is 5. The van der Waals surface area contributed by atoms with E-state index in [0.29, 0.717) is 12.4 Å². The molecule has 0 radical (unpaired) electrons. The molecule has 0 atom stereocenters. The van der Waals surface area contributed by atoms with Gasteiger partial charge in [-0.05, 0) is 49.7 Å². The average Bonchev–Trinajstić information content (AvgIpc) is 3.02. The van der Waals surface area contributed by atoms with Crippen molar-refractivity contribution in [2.24, 2.45) is 0 Å². The molecule has 0 amide bonds. The number of hydrogen-bond acceptors (Lipinski definition) is 5. The number of anilines is 3. The second-order valence-corrected chi connectivity index (χ2v) is 6.06. The Balaban J connectivity index is 1.75. The number of hydrogen-bond donors (Lipinski definition) is 2. The van der Waals surface area contributed by atoms with Crippen molar-refractivity contribution in [3.05, 3.63) is 64.3 Å². The number of nitrogens with one attached hydrogen (secondary N) is 2. The maximum Gasteiger partial charge on any atom is 0.136 e. The van der Waals surface area contributed by atoms with Crippen LogP contribution in [0.3, 0.4) is 0 Å². The molecule has 0 aliphatic carbocycles. The molecular formula is C17H17BrN4O. The molecule has 2 heterocycles. The summed E-state index contributed by atoms with van der Waals surface area (Å²) in [6.45, 7) is 4.51. The van der Waals surface area contributed by atoms with Crippen molar-refractivity contribution in [2.75, 3.05) is 10.6 Å². The summed E-state index contributed by atoms with van der Waals surface area (Å²) < 4.78 is 6.40. The molecule has 118 valence electrons. The minimum Gasteiger partial charge on any atom is -0.467 e. The first kappa shape index (κ1) is 15.6. The molecule has 0 aliphatic heterocycles. The lowest BCUT2D eigenvalue weighted by atomic mass is 10.2. The van der Waals surface area contributed by atoms with Gasteiger partial charge in [-0.25, -0.2) is 9.97 Å². The van der Waals surface area contributed by atoms with Crippen LogP contribution in [0.25, 0.3) is 0 Å². The number of aryl methyl sites for hydroxylation is 2. The molecule has 5 nitrogen and oxygen atoms in total. The van der Waals surface area contributed by atoms with Crippen molar-refractivity contribution in [2.45, 2.75) is 20.4 Å². The summed E-state index contributed by atoms with van der Waals surface area (Å²) in [5, 5.41) is 6.55. The molecular weight excluding hydrogens is 356 g/mol. The topological polar surface area (TPSA) is 63.0 Å². The third-order valence-electron chi connectivity index (χ3n) is 3.29. The van der Waals surface area contributed by atoms with Crippen LogP contribution >= 0.6 is 15.9 Å². The maximum absolute atomic E-state index is 5.31. The summed E-state index contributed by atoms with van der Waals surface area (Å²) in [6.07, 6.45) is 1.66. The van der Waals surface area contributed by atoms with Crippen molar-refractivity contribution in [3.63, 3.8) is 0 Å². The molecule has 0 saturated heterocycles. The van der Waals surface area contributed by atoms with Gasteiger partial charge < -0.3 is 15.1 Å². The standard InChI is InChI=1S/C17H17BrN4O/c1-11-8-13(5-6-15(11)18)22-17-9-16(20-12(2)21-17)19-10-14-4-3-7-23-14/h3-9H,10H2,1-2H3,(H2,19,20,21,22). The zero-order valence-corrected chi connectivity index (χ0v) is 14.5. The Labute approximate surface area is 143 Å². The van der Waals surface area contributed by atoms with E-state index in [9.17, 15) is 0 Å². The Kier molecular flexibility index (Phi) is 4.62. The van der Waals surface area contributed by atoms with E-state index < -0.39 is 0 Å². The van der Waals surface area contributed by atoms with E-state index in [1.54, 1.807) is 6.26 Å². The maximum atomic E-state index is 5.31. The van der Waals surface area contributed by atoms with E-state index in [-0.39, 0.29) is 0 Å². The smallest absolute Gasteiger partial charge is 0.136 e. The number of halogens is 1. The second-order valence-electron chi connectivity index (χ2n) is 5.21. The Bertz CT molecular complexity index is 802. The highest BCUT2D eigenvalue weighted by Crippen LogP contribution is 2.23. The van der Waals surface area contributed by atoms with E-state index in [2.05, 4.69) is 49.5 Å². The highest BCUT2D eigenvalue weighted by atomic mass is 79.9. The first-order valence-corrected chi connectivity index (χ1v) is 8.04. The fourth-order valence-corrected chi connectivity index (χ4v) is 2.43. The van der Waals surface area contributed by atoms with Gasteiger partial charge in [0.2, 0.25) is 0 Å². The molecule has 0 saturated carbocycles. The van der Waals surface area contributed by atoms with Crippen LogP contribution in [0.5, 0.6) is 0 Å². The lowest BCUT2D eigenvalue weighted by molar-refractivity contribution is 0.518. The molecule has 0 fully saturated rings. The quantitative estimate of drug-likeness (QED) is 0.672. The van der Waals surface area contributed by atoms with Crippen LogP contribution in [-0.4, -0.2) is 9.97 Å². The fourth-order valence-electron chi connectivity index (χ4n) is 2.18. The number of nitrogens with zero attached hydrogens (tertiary/aromatic N) is 2. The zero-order chi connectivity index (χ0) is 16.2. The molecule has 23 heavy (non-hydrogen) atoms. The molecule has 3 aromatic rings. The summed E-state index contributed by atoms with van der Waals surface area (Å²) in [6, 6.07) is 11.8. The minimum absolute atomic E-state index is 0.584. The summed E-state index contributed by atoms with van der Waals surface area (Å²) in [5.74, 6) is 3.07. The van der Waals surface area contributed by atoms with Crippen LogP contribution in [0, 0.1) is 13.8 Å². The molecule has 0 aliphatic rings. The summed E-state index contributed by atoms with van der Waals surface area (Å²) in [4.78, 5) is 8.82. The van der Waals surface area contributed by atoms with Gasteiger partial charge in [-0.3, -0.25) is 0 Å². The van der Waals surface area contributed by atoms with Gasteiger partial charge in [0.25, 0.3) is 0 Å². The summed E-state index contributed by atoms with van der Waals surface area (Å²) >= 11 is 3.51. The van der Waals surface area contributed by atoms with Crippen molar-refractivity contribution < 1.29 is 4.42 Å². The van der Waals surface area contributed by atoms with Crippen molar-refractivity contribution in [3.8, 4) is 0 Å². The molecule has 0 spiro atoms. The van der Waals surface area contributed by atoms with E-state index >= 15 is 0 Å². The lowest BCUT2D eigenvalue weighted by Gasteiger charge is -2.10. The Morgan fingerprint density at radius 1 is 1.09 bits per heavy atom. The van der Waals surface area contributed by atoms with Crippen molar-refractivity contribution in [1.29, 1.82) is 0 Å². The first-order valence-electron chi connectivity index (χ1n) is 7.25. The summed E-state index contributed by atoms with van der Waals surface area (Å²) in [5.41, 5.74) is 2.15. The normalized spacial score (nSPS) is 10.6. The van der Waals surface area contributed by atoms with Gasteiger partial charge in [-0.1, -0.05) is 15.9 Å². The van der Waals surface area contributed by atoms with Gasteiger partial charge in [-0.15, -0.1) is 0 Å². The van der Waals surface area contributed by atoms with E-state index in [0.717, 1.165) is 33.1 Å². The van der Waals surface area contributed by atoms with Crippen LogP contribution in [0.4, 0.5) is 17.3 Å². The van der Waals surface area contributed by atoms with Crippen LogP contribution in [0.2, 0.25) is 0 Å². The molecule has 0 bridgehead atoms. The largest absolute Gasteiger partial charge is 0.467 e. The van der Waals surface area contributed by atoms with E-state index in [4.69, 9.17) is 4.42 Å². The zero-order valence-electron chi connectivity index (χ0n) is 12.9. The van der Waals surface area contributed by atoms with Gasteiger partial charge in [0.15, 0.2) is 0 Å². The molecule has 2 aromatic heterocycles. The van der Waals surface area contributed by atoms with Crippen molar-refractivity contribution >= 4 is 33.3 Å². The van der Waals surface area contributed by atoms with Crippen molar-refractivity contribution in [1.82, 2.24) is 9.97 Å². The second kappa shape index (κ2) is 6.83. The van der Waals surface area contributed by atoms with E-state index in [1.807, 2.05) is 37.3 Å². The predicted octanol–water partition coefficient (Wildman–Crippen LogP) is 4.80. The van der Waals surface area contributed by atoms with Gasteiger partial charge in [-0.2, -0.15) is 0 Å². The predicted molar refractivity (Wildman–Crippen MR) is 95.0 cm³/mol. The summed E-state index contributed by atoms with van der Waals surface area (Å²) in [7, 11) is 0. The Morgan fingerprint density at radius 3 is 2.65 bits per heavy atom. The monoisotopic (exact) mass is 372 g/mol. The van der Waals surface area contributed by atoms with Crippen LogP contribution < -0.4 is 10.6 Å². The molecule has 1 aromatic carbocycles. The highest BCUT2D eigenvalue weighted by molar-refractivity contribution is 9.10. The third kappa shape index (κ3) is 4.10. The molecule has 3 rings (SSSR count). The number of aromatic nitrogens is 2. The fraction of sp³-hybridized carbons (Fsp3) is 0.176. The van der Waals surface area contributed by atoms with Gasteiger partial charge in [0.1, 0.15) is 23.2 Å². The molecule has 2 N–H and O–H groups in total. The third-order valence-corrected chi connectivity index (χ3v) is 4.18. The first-order chi connectivity index (χ1) is 11.1. The minimum atomic E-state index is 0.584. The van der Waals surface area contributed by atoms with E-state index in [1.165, 1.54) is 0 Å². The average molecular weight is 373 g/mol. The number of benzene rings is 1. The van der Waals surface area contributed by atoms with Crippen LogP contribution in [0.1, 0.15) is 17.1 Å². The molecule has 6 heteroatoms. The van der Waals surface area contributed by atoms with Gasteiger partial charge in [0.05, 0.1) is 12.8 Å². The SMILES string of the molecule is Cc1nc(NCc2ccco2)cc(Nc2ccc(Br)c(C)c2)n1. The van der Waals surface area contributed by atoms with Crippen LogP contribution in [-0.2, 0) is 6.54 Å². The molecule has 0 unspecified atom stereocenters. The van der Waals surface area contributed by atoms with Gasteiger partial charge >= 0.3 is 0 Å². The van der Waals surface area contributed by atoms with Gasteiger partial charge in [0, 0.05) is 16.2 Å². The lowest BCUT2D eigenvalue weighted by Crippen LogP contribution is -2.04. The Hall–Kier alpha value is -2.34. The highest BCUT2D eigenvalue weighted by Gasteiger charge is 2.04. The van der Waals surface area contributed by atoms with Crippen LogP contribution in [0.15, 0.2) is 51.6 Å².